The zero-order valence-electron chi connectivity index (χ0n) is 18.3. The van der Waals surface area contributed by atoms with Crippen molar-refractivity contribution in [2.45, 2.75) is 51.1 Å². The zero-order valence-corrected chi connectivity index (χ0v) is 18.3. The van der Waals surface area contributed by atoms with E-state index in [4.69, 9.17) is 4.74 Å². The predicted molar refractivity (Wildman–Crippen MR) is 119 cm³/mol. The molecule has 7 heteroatoms. The second-order valence-corrected chi connectivity index (χ2v) is 9.00. The average molecular weight is 437 g/mol. The van der Waals surface area contributed by atoms with Crippen molar-refractivity contribution in [1.82, 2.24) is 10.6 Å². The van der Waals surface area contributed by atoms with Crippen molar-refractivity contribution < 1.29 is 24.2 Å². The van der Waals surface area contributed by atoms with Crippen molar-refractivity contribution >= 4 is 18.0 Å². The first-order valence-electron chi connectivity index (χ1n) is 10.9. The molecule has 2 aromatic carbocycles. The molecule has 32 heavy (non-hydrogen) atoms. The molecule has 1 fully saturated rings. The number of nitrogens with one attached hydrogen (secondary N) is 2. The number of carbonyl (C=O) groups excluding carboxylic acids is 2. The monoisotopic (exact) mass is 436 g/mol. The van der Waals surface area contributed by atoms with Crippen LogP contribution in [0.15, 0.2) is 48.5 Å². The lowest BCUT2D eigenvalue weighted by Gasteiger charge is -2.24. The number of ether oxygens (including phenoxy) is 1. The Morgan fingerprint density at radius 1 is 1.03 bits per heavy atom. The molecule has 0 spiro atoms. The van der Waals surface area contributed by atoms with E-state index in [0.717, 1.165) is 35.1 Å². The summed E-state index contributed by atoms with van der Waals surface area (Å²) in [6.07, 6.45) is 0.702. The smallest absolute Gasteiger partial charge is 0.407 e. The Labute approximate surface area is 187 Å². The van der Waals surface area contributed by atoms with E-state index in [9.17, 15) is 19.5 Å². The van der Waals surface area contributed by atoms with Gasteiger partial charge in [-0.15, -0.1) is 0 Å². The number of carboxylic acids is 1. The molecule has 0 saturated heterocycles. The largest absolute Gasteiger partial charge is 0.481 e. The van der Waals surface area contributed by atoms with Crippen molar-refractivity contribution in [2.24, 2.45) is 5.41 Å². The van der Waals surface area contributed by atoms with Crippen LogP contribution in [-0.2, 0) is 14.3 Å². The molecule has 0 heterocycles. The SMILES string of the molecule is CC(NC(=O)C(CC(=O)O)NC(=O)OCC1c2ccccc2-c2ccccc21)C1(C)CC1. The van der Waals surface area contributed by atoms with Gasteiger partial charge >= 0.3 is 12.1 Å². The number of hydrogen-bond donors (Lipinski definition) is 3. The van der Waals surface area contributed by atoms with Gasteiger partial charge in [0.15, 0.2) is 0 Å². The summed E-state index contributed by atoms with van der Waals surface area (Å²) in [4.78, 5) is 36.4. The molecule has 3 N–H and O–H groups in total. The maximum atomic E-state index is 12.6. The van der Waals surface area contributed by atoms with E-state index in [1.54, 1.807) is 0 Å². The summed E-state index contributed by atoms with van der Waals surface area (Å²) in [6, 6.07) is 14.7. The van der Waals surface area contributed by atoms with Crippen molar-refractivity contribution in [2.75, 3.05) is 6.61 Å². The molecule has 0 bridgehead atoms. The molecule has 2 unspecified atom stereocenters. The van der Waals surface area contributed by atoms with Crippen molar-refractivity contribution in [3.05, 3.63) is 59.7 Å². The first kappa shape index (κ1) is 21.9. The number of fused-ring (bicyclic) bond motifs is 3. The van der Waals surface area contributed by atoms with E-state index in [2.05, 4.69) is 17.6 Å². The van der Waals surface area contributed by atoms with Crippen LogP contribution in [0.5, 0.6) is 0 Å². The quantitative estimate of drug-likeness (QED) is 0.586. The number of carboxylic acid groups (broad SMARTS) is 1. The predicted octanol–water partition coefficient (Wildman–Crippen LogP) is 3.67. The van der Waals surface area contributed by atoms with E-state index >= 15 is 0 Å². The van der Waals surface area contributed by atoms with Gasteiger partial charge in [-0.25, -0.2) is 4.79 Å². The third-order valence-corrected chi connectivity index (χ3v) is 6.77. The van der Waals surface area contributed by atoms with Gasteiger partial charge in [-0.3, -0.25) is 9.59 Å². The summed E-state index contributed by atoms with van der Waals surface area (Å²) < 4.78 is 5.46. The third-order valence-electron chi connectivity index (χ3n) is 6.77. The normalized spacial score (nSPS) is 17.4. The number of amides is 2. The molecule has 1 saturated carbocycles. The summed E-state index contributed by atoms with van der Waals surface area (Å²) in [6.45, 7) is 4.06. The summed E-state index contributed by atoms with van der Waals surface area (Å²) >= 11 is 0. The average Bonchev–Trinajstić information content (AvgIpc) is 3.44. The second kappa shape index (κ2) is 8.65. The van der Waals surface area contributed by atoms with Crippen molar-refractivity contribution in [1.29, 1.82) is 0 Å². The highest BCUT2D eigenvalue weighted by Gasteiger charge is 2.43. The number of carbonyl (C=O) groups is 3. The fourth-order valence-corrected chi connectivity index (χ4v) is 4.28. The molecule has 168 valence electrons. The Kier molecular flexibility index (Phi) is 5.91. The number of hydrogen-bond acceptors (Lipinski definition) is 4. The zero-order chi connectivity index (χ0) is 22.9. The first-order valence-corrected chi connectivity index (χ1v) is 10.9. The van der Waals surface area contributed by atoms with Gasteiger partial charge < -0.3 is 20.5 Å². The first-order chi connectivity index (χ1) is 15.3. The molecule has 2 atom stereocenters. The molecule has 7 nitrogen and oxygen atoms in total. The van der Waals surface area contributed by atoms with Crippen LogP contribution in [0.25, 0.3) is 11.1 Å². The van der Waals surface area contributed by atoms with Crippen LogP contribution in [0, 0.1) is 5.41 Å². The Balaban J connectivity index is 1.40. The Morgan fingerprint density at radius 3 is 2.12 bits per heavy atom. The topological polar surface area (TPSA) is 105 Å². The molecule has 4 rings (SSSR count). The van der Waals surface area contributed by atoms with Crippen LogP contribution in [0.1, 0.15) is 50.2 Å². The Morgan fingerprint density at radius 2 is 1.59 bits per heavy atom. The van der Waals surface area contributed by atoms with Crippen LogP contribution < -0.4 is 10.6 Å². The van der Waals surface area contributed by atoms with Gasteiger partial charge in [0, 0.05) is 12.0 Å². The van der Waals surface area contributed by atoms with Crippen LogP contribution in [0.3, 0.4) is 0 Å². The van der Waals surface area contributed by atoms with E-state index in [-0.39, 0.29) is 24.0 Å². The minimum atomic E-state index is -1.20. The van der Waals surface area contributed by atoms with Gasteiger partial charge in [-0.1, -0.05) is 55.5 Å². The van der Waals surface area contributed by atoms with Crippen LogP contribution >= 0.6 is 0 Å². The lowest BCUT2D eigenvalue weighted by molar-refractivity contribution is -0.140. The standard InChI is InChI=1S/C25H28N2O5/c1-15(25(2)11-12-25)26-23(30)21(13-22(28)29)27-24(31)32-14-20-18-9-5-3-7-16(18)17-8-4-6-10-19(17)20/h3-10,15,20-21H,11-14H2,1-2H3,(H,26,30)(H,27,31)(H,28,29). The molecule has 0 aromatic heterocycles. The van der Waals surface area contributed by atoms with E-state index in [1.807, 2.05) is 55.5 Å². The Hall–Kier alpha value is -3.35. The van der Waals surface area contributed by atoms with E-state index < -0.39 is 30.4 Å². The summed E-state index contributed by atoms with van der Waals surface area (Å²) in [5, 5.41) is 14.5. The molecular weight excluding hydrogens is 408 g/mol. The highest BCUT2D eigenvalue weighted by Crippen LogP contribution is 2.48. The fraction of sp³-hybridized carbons (Fsp3) is 0.400. The lowest BCUT2D eigenvalue weighted by atomic mass is 9.98. The van der Waals surface area contributed by atoms with Gasteiger partial charge in [-0.2, -0.15) is 0 Å². The second-order valence-electron chi connectivity index (χ2n) is 9.00. The fourth-order valence-electron chi connectivity index (χ4n) is 4.28. The number of rotatable bonds is 8. The maximum absolute atomic E-state index is 12.6. The van der Waals surface area contributed by atoms with Crippen LogP contribution in [0.2, 0.25) is 0 Å². The summed E-state index contributed by atoms with van der Waals surface area (Å²) in [7, 11) is 0. The Bertz CT molecular complexity index is 1000. The molecule has 0 radical (unpaired) electrons. The minimum absolute atomic E-state index is 0.0349. The van der Waals surface area contributed by atoms with Gasteiger partial charge in [-0.05, 0) is 47.4 Å². The van der Waals surface area contributed by atoms with Crippen LogP contribution in [-0.4, -0.2) is 41.8 Å². The molecular formula is C25H28N2O5. The van der Waals surface area contributed by atoms with E-state index in [0.29, 0.717) is 0 Å². The van der Waals surface area contributed by atoms with Crippen molar-refractivity contribution in [3.63, 3.8) is 0 Å². The summed E-state index contributed by atoms with van der Waals surface area (Å²) in [5.74, 6) is -1.80. The highest BCUT2D eigenvalue weighted by molar-refractivity contribution is 5.89. The number of benzene rings is 2. The van der Waals surface area contributed by atoms with Gasteiger partial charge in [0.1, 0.15) is 12.6 Å². The third kappa shape index (κ3) is 4.47. The number of aliphatic carboxylic acids is 1. The lowest BCUT2D eigenvalue weighted by Crippen LogP contribution is -2.51. The van der Waals surface area contributed by atoms with Crippen molar-refractivity contribution in [3.8, 4) is 11.1 Å². The van der Waals surface area contributed by atoms with E-state index in [1.165, 1.54) is 0 Å². The molecule has 2 aliphatic rings. The minimum Gasteiger partial charge on any atom is -0.481 e. The van der Waals surface area contributed by atoms with Gasteiger partial charge in [0.25, 0.3) is 0 Å². The summed E-state index contributed by atoms with van der Waals surface area (Å²) in [5.41, 5.74) is 4.42. The highest BCUT2D eigenvalue weighted by atomic mass is 16.5. The number of alkyl carbamates (subject to hydrolysis) is 1. The molecule has 2 aliphatic carbocycles. The van der Waals surface area contributed by atoms with Crippen LogP contribution in [0.4, 0.5) is 4.79 Å². The molecule has 2 amide bonds. The maximum Gasteiger partial charge on any atom is 0.407 e. The molecule has 0 aliphatic heterocycles. The molecule has 2 aromatic rings. The van der Waals surface area contributed by atoms with Gasteiger partial charge in [0.2, 0.25) is 5.91 Å². The van der Waals surface area contributed by atoms with Gasteiger partial charge in [0.05, 0.1) is 6.42 Å².